The Morgan fingerprint density at radius 2 is 1.46 bits per heavy atom. The van der Waals surface area contributed by atoms with Crippen LogP contribution in [0.15, 0.2) is 36.4 Å². The first kappa shape index (κ1) is 17.6. The van der Waals surface area contributed by atoms with Crippen molar-refractivity contribution >= 4 is 0 Å². The van der Waals surface area contributed by atoms with Crippen LogP contribution in [0.3, 0.4) is 0 Å². The van der Waals surface area contributed by atoms with E-state index in [4.69, 9.17) is 9.47 Å². The fraction of sp³-hybridized carbons (Fsp3) is 0.429. The lowest BCUT2D eigenvalue weighted by Crippen LogP contribution is -2.42. The Morgan fingerprint density at radius 3 is 2.08 bits per heavy atom. The Hall–Kier alpha value is -1.82. The van der Waals surface area contributed by atoms with Gasteiger partial charge in [0.1, 0.15) is 0 Å². The van der Waals surface area contributed by atoms with Gasteiger partial charge < -0.3 is 14.6 Å². The highest BCUT2D eigenvalue weighted by Crippen LogP contribution is 2.46. The van der Waals surface area contributed by atoms with Gasteiger partial charge >= 0.3 is 0 Å². The zero-order chi connectivity index (χ0) is 18.4. The molecular weight excluding hydrogens is 338 g/mol. The fourth-order valence-corrected chi connectivity index (χ4v) is 3.96. The van der Waals surface area contributed by atoms with Crippen molar-refractivity contribution in [1.82, 2.24) is 0 Å². The molecule has 1 N–H and O–H groups in total. The fourth-order valence-electron chi connectivity index (χ4n) is 3.96. The Kier molecular flexibility index (Phi) is 4.34. The average Bonchev–Trinajstić information content (AvgIpc) is 3.10. The van der Waals surface area contributed by atoms with E-state index in [9.17, 15) is 13.9 Å². The van der Waals surface area contributed by atoms with E-state index in [2.05, 4.69) is 0 Å². The molecule has 138 valence electrons. The lowest BCUT2D eigenvalue weighted by Gasteiger charge is -2.41. The molecule has 1 aliphatic carbocycles. The van der Waals surface area contributed by atoms with Crippen molar-refractivity contribution in [1.29, 1.82) is 0 Å². The second-order valence-corrected chi connectivity index (χ2v) is 7.29. The molecule has 3 nitrogen and oxygen atoms in total. The van der Waals surface area contributed by atoms with Gasteiger partial charge in [0, 0.05) is 24.0 Å². The van der Waals surface area contributed by atoms with E-state index in [1.54, 1.807) is 18.2 Å². The summed E-state index contributed by atoms with van der Waals surface area (Å²) in [6.07, 6.45) is 1.47. The molecule has 0 radical (unpaired) electrons. The van der Waals surface area contributed by atoms with Gasteiger partial charge in [0.15, 0.2) is 17.4 Å². The summed E-state index contributed by atoms with van der Waals surface area (Å²) >= 11 is 0. The first-order chi connectivity index (χ1) is 12.4. The lowest BCUT2D eigenvalue weighted by atomic mass is 9.76. The predicted octanol–water partition coefficient (Wildman–Crippen LogP) is 4.44. The number of aryl methyl sites for hydroxylation is 1. The van der Waals surface area contributed by atoms with Crippen LogP contribution in [0, 0.1) is 18.6 Å². The van der Waals surface area contributed by atoms with Gasteiger partial charge in [-0.05, 0) is 25.3 Å². The molecule has 2 aromatic rings. The molecule has 2 fully saturated rings. The molecule has 0 unspecified atom stereocenters. The molecule has 5 heteroatoms. The van der Waals surface area contributed by atoms with E-state index in [0.29, 0.717) is 31.6 Å². The second-order valence-electron chi connectivity index (χ2n) is 7.29. The van der Waals surface area contributed by atoms with Crippen molar-refractivity contribution in [2.24, 2.45) is 0 Å². The molecular formula is C21H22F2O3. The van der Waals surface area contributed by atoms with Crippen LogP contribution in [0.25, 0.3) is 11.1 Å². The summed E-state index contributed by atoms with van der Waals surface area (Å²) in [5.74, 6) is -2.56. The quantitative estimate of drug-likeness (QED) is 0.860. The first-order valence-electron chi connectivity index (χ1n) is 8.98. The predicted molar refractivity (Wildman–Crippen MR) is 93.5 cm³/mol. The Balaban J connectivity index is 1.63. The summed E-state index contributed by atoms with van der Waals surface area (Å²) in [5, 5.41) is 11.0. The summed E-state index contributed by atoms with van der Waals surface area (Å²) in [4.78, 5) is 0. The minimum Gasteiger partial charge on any atom is -0.385 e. The topological polar surface area (TPSA) is 38.7 Å². The molecule has 0 bridgehead atoms. The summed E-state index contributed by atoms with van der Waals surface area (Å²) in [5.41, 5.74) is 0.467. The minimum atomic E-state index is -1.41. The first-order valence-corrected chi connectivity index (χ1v) is 8.98. The third-order valence-electron chi connectivity index (χ3n) is 5.60. The van der Waals surface area contributed by atoms with Crippen LogP contribution < -0.4 is 0 Å². The molecule has 1 saturated carbocycles. The second kappa shape index (κ2) is 6.41. The van der Waals surface area contributed by atoms with Gasteiger partial charge in [-0.1, -0.05) is 42.0 Å². The maximum absolute atomic E-state index is 14.8. The van der Waals surface area contributed by atoms with Crippen LogP contribution >= 0.6 is 0 Å². The van der Waals surface area contributed by atoms with E-state index < -0.39 is 23.0 Å². The molecule has 1 heterocycles. The third kappa shape index (κ3) is 2.94. The zero-order valence-electron chi connectivity index (χ0n) is 14.7. The van der Waals surface area contributed by atoms with Crippen molar-refractivity contribution in [2.75, 3.05) is 13.2 Å². The number of benzene rings is 2. The van der Waals surface area contributed by atoms with Crippen molar-refractivity contribution in [3.63, 3.8) is 0 Å². The Bertz CT molecular complexity index is 801. The van der Waals surface area contributed by atoms with Crippen LogP contribution in [0.4, 0.5) is 8.78 Å². The maximum Gasteiger partial charge on any atom is 0.168 e. The molecule has 1 aliphatic heterocycles. The maximum atomic E-state index is 14.8. The van der Waals surface area contributed by atoms with E-state index in [-0.39, 0.29) is 24.0 Å². The highest BCUT2D eigenvalue weighted by Gasteiger charge is 2.47. The molecule has 2 aromatic carbocycles. The monoisotopic (exact) mass is 360 g/mol. The molecule has 1 spiro atoms. The van der Waals surface area contributed by atoms with Gasteiger partial charge in [0.05, 0.1) is 18.8 Å². The zero-order valence-corrected chi connectivity index (χ0v) is 14.7. The Labute approximate surface area is 151 Å². The van der Waals surface area contributed by atoms with Gasteiger partial charge in [0.25, 0.3) is 0 Å². The normalized spacial score (nSPS) is 21.2. The van der Waals surface area contributed by atoms with Gasteiger partial charge in [0.2, 0.25) is 0 Å². The van der Waals surface area contributed by atoms with E-state index in [1.165, 1.54) is 6.07 Å². The van der Waals surface area contributed by atoms with Gasteiger partial charge in [-0.3, -0.25) is 0 Å². The van der Waals surface area contributed by atoms with Gasteiger partial charge in [-0.2, -0.15) is 0 Å². The number of hydrogen-bond donors (Lipinski definition) is 1. The van der Waals surface area contributed by atoms with Crippen molar-refractivity contribution in [3.8, 4) is 11.1 Å². The molecule has 0 atom stereocenters. The molecule has 0 amide bonds. The van der Waals surface area contributed by atoms with Crippen LogP contribution in [-0.4, -0.2) is 24.1 Å². The van der Waals surface area contributed by atoms with E-state index >= 15 is 0 Å². The van der Waals surface area contributed by atoms with E-state index in [1.807, 2.05) is 19.1 Å². The van der Waals surface area contributed by atoms with Crippen LogP contribution in [-0.2, 0) is 15.1 Å². The highest BCUT2D eigenvalue weighted by molar-refractivity contribution is 5.65. The van der Waals surface area contributed by atoms with Crippen molar-refractivity contribution in [2.45, 2.75) is 44.0 Å². The summed E-state index contributed by atoms with van der Waals surface area (Å²) in [7, 11) is 0. The summed E-state index contributed by atoms with van der Waals surface area (Å²) in [6.45, 7) is 3.01. The number of hydrogen-bond acceptors (Lipinski definition) is 3. The van der Waals surface area contributed by atoms with Crippen molar-refractivity contribution < 1.29 is 23.4 Å². The SMILES string of the molecule is Cc1ccc(-c2ccc(C3(O)CCC4(CC3)OCCO4)c(F)c2F)cc1. The lowest BCUT2D eigenvalue weighted by molar-refractivity contribution is -0.204. The average molecular weight is 360 g/mol. The van der Waals surface area contributed by atoms with Crippen LogP contribution in [0.2, 0.25) is 0 Å². The largest absolute Gasteiger partial charge is 0.385 e. The number of aliphatic hydroxyl groups is 1. The van der Waals surface area contributed by atoms with Gasteiger partial charge in [-0.15, -0.1) is 0 Å². The highest BCUT2D eigenvalue weighted by atomic mass is 19.2. The summed E-state index contributed by atoms with van der Waals surface area (Å²) in [6, 6.07) is 10.3. The number of ether oxygens (including phenoxy) is 2. The third-order valence-corrected chi connectivity index (χ3v) is 5.60. The molecule has 0 aromatic heterocycles. The van der Waals surface area contributed by atoms with Gasteiger partial charge in [-0.25, -0.2) is 8.78 Å². The molecule has 26 heavy (non-hydrogen) atoms. The van der Waals surface area contributed by atoms with Crippen LogP contribution in [0.1, 0.15) is 36.8 Å². The standard InChI is InChI=1S/C21H22F2O3/c1-14-2-4-15(5-3-14)16-6-7-17(19(23)18(16)22)20(24)8-10-21(11-9-20)25-12-13-26-21/h2-7,24H,8-13H2,1H3. The smallest absolute Gasteiger partial charge is 0.168 e. The molecule has 4 rings (SSSR count). The minimum absolute atomic E-state index is 0.0127. The summed E-state index contributed by atoms with van der Waals surface area (Å²) < 4.78 is 40.9. The van der Waals surface area contributed by atoms with Crippen molar-refractivity contribution in [3.05, 3.63) is 59.2 Å². The molecule has 2 aliphatic rings. The number of rotatable bonds is 2. The number of halogens is 2. The Morgan fingerprint density at radius 1 is 0.846 bits per heavy atom. The van der Waals surface area contributed by atoms with Crippen LogP contribution in [0.5, 0.6) is 0 Å². The van der Waals surface area contributed by atoms with E-state index in [0.717, 1.165) is 5.56 Å². The molecule has 1 saturated heterocycles.